The van der Waals surface area contributed by atoms with E-state index in [-0.39, 0.29) is 11.4 Å². The number of rotatable bonds is 5. The molecule has 0 fully saturated rings. The maximum Gasteiger partial charge on any atom is 0.254 e. The summed E-state index contributed by atoms with van der Waals surface area (Å²) >= 11 is 0. The lowest BCUT2D eigenvalue weighted by molar-refractivity contribution is 0.0950. The van der Waals surface area contributed by atoms with Gasteiger partial charge in [0.2, 0.25) is 0 Å². The van der Waals surface area contributed by atoms with Crippen molar-refractivity contribution in [1.82, 2.24) is 39.5 Å². The quantitative estimate of drug-likeness (QED) is 0.421. The van der Waals surface area contributed by atoms with Gasteiger partial charge in [0.15, 0.2) is 0 Å². The molecule has 5 rings (SSSR count). The third-order valence-electron chi connectivity index (χ3n) is 5.98. The minimum absolute atomic E-state index is 0.143. The highest BCUT2D eigenvalue weighted by Crippen LogP contribution is 2.28. The van der Waals surface area contributed by atoms with Crippen molar-refractivity contribution in [1.29, 1.82) is 0 Å². The number of aromatic nitrogens is 7. The summed E-state index contributed by atoms with van der Waals surface area (Å²) in [4.78, 5) is 17.6. The SMILES string of the molecule is Cc1cc(-c2nc(-c3cnn(C)c3)cn3nccc23)ccc1CNC(=O)c1cnn(C(C)(C)C)c1. The number of nitrogens with one attached hydrogen (secondary N) is 1. The largest absolute Gasteiger partial charge is 0.348 e. The van der Waals surface area contributed by atoms with Crippen molar-refractivity contribution in [2.24, 2.45) is 7.05 Å². The van der Waals surface area contributed by atoms with Crippen LogP contribution in [0.25, 0.3) is 28.0 Å². The molecule has 0 saturated heterocycles. The van der Waals surface area contributed by atoms with Crippen LogP contribution < -0.4 is 5.32 Å². The Balaban J connectivity index is 1.39. The summed E-state index contributed by atoms with van der Waals surface area (Å²) in [6.07, 6.45) is 10.8. The summed E-state index contributed by atoms with van der Waals surface area (Å²) in [7, 11) is 1.88. The van der Waals surface area contributed by atoms with Gasteiger partial charge in [-0.2, -0.15) is 15.3 Å². The van der Waals surface area contributed by atoms with Gasteiger partial charge in [-0.25, -0.2) is 9.50 Å². The maximum atomic E-state index is 12.7. The number of hydrogen-bond donors (Lipinski definition) is 1. The highest BCUT2D eigenvalue weighted by molar-refractivity contribution is 5.93. The first-order chi connectivity index (χ1) is 16.7. The van der Waals surface area contributed by atoms with E-state index in [4.69, 9.17) is 4.98 Å². The third kappa shape index (κ3) is 4.44. The molecule has 1 amide bonds. The van der Waals surface area contributed by atoms with Gasteiger partial charge in [0.05, 0.1) is 52.8 Å². The van der Waals surface area contributed by atoms with Crippen LogP contribution in [0.15, 0.2) is 61.4 Å². The molecule has 0 atom stereocenters. The Hall–Kier alpha value is -4.27. The Bertz CT molecular complexity index is 1530. The fourth-order valence-electron chi connectivity index (χ4n) is 3.96. The lowest BCUT2D eigenvalue weighted by Gasteiger charge is -2.18. The van der Waals surface area contributed by atoms with E-state index in [1.165, 1.54) is 0 Å². The third-order valence-corrected chi connectivity index (χ3v) is 5.98. The van der Waals surface area contributed by atoms with Crippen molar-refractivity contribution >= 4 is 11.4 Å². The molecule has 0 radical (unpaired) electrons. The molecule has 4 heterocycles. The number of nitrogens with zero attached hydrogens (tertiary/aromatic N) is 7. The molecular weight excluding hydrogens is 440 g/mol. The first kappa shape index (κ1) is 22.5. The van der Waals surface area contributed by atoms with E-state index in [2.05, 4.69) is 26.7 Å². The van der Waals surface area contributed by atoms with Crippen molar-refractivity contribution in [3.8, 4) is 22.5 Å². The Morgan fingerprint density at radius 1 is 1.00 bits per heavy atom. The number of carbonyl (C=O) groups excluding carboxylic acids is 1. The fraction of sp³-hybridized carbons (Fsp3) is 0.269. The van der Waals surface area contributed by atoms with Gasteiger partial charge in [-0.15, -0.1) is 0 Å². The predicted octanol–water partition coefficient (Wildman–Crippen LogP) is 3.99. The summed E-state index contributed by atoms with van der Waals surface area (Å²) in [5.74, 6) is -0.143. The second-order valence-electron chi connectivity index (χ2n) is 9.71. The van der Waals surface area contributed by atoms with E-state index in [1.807, 2.05) is 69.9 Å². The van der Waals surface area contributed by atoms with Crippen LogP contribution >= 0.6 is 0 Å². The number of hydrogen-bond acceptors (Lipinski definition) is 5. The molecule has 35 heavy (non-hydrogen) atoms. The number of fused-ring (bicyclic) bond motifs is 1. The molecule has 1 aromatic carbocycles. The zero-order valence-electron chi connectivity index (χ0n) is 20.5. The lowest BCUT2D eigenvalue weighted by Crippen LogP contribution is -2.24. The van der Waals surface area contributed by atoms with Crippen molar-refractivity contribution in [2.45, 2.75) is 39.8 Å². The Labute approximate surface area is 203 Å². The molecule has 5 aromatic rings. The Kier molecular flexibility index (Phi) is 5.47. The van der Waals surface area contributed by atoms with Gasteiger partial charge >= 0.3 is 0 Å². The summed E-state index contributed by atoms with van der Waals surface area (Å²) in [5, 5.41) is 16.0. The molecule has 0 bridgehead atoms. The number of benzene rings is 1. The average molecular weight is 469 g/mol. The van der Waals surface area contributed by atoms with Crippen LogP contribution in [-0.4, -0.2) is 40.1 Å². The van der Waals surface area contributed by atoms with E-state index in [1.54, 1.807) is 34.2 Å². The molecule has 1 N–H and O–H groups in total. The van der Waals surface area contributed by atoms with Crippen molar-refractivity contribution in [2.75, 3.05) is 0 Å². The minimum atomic E-state index is -0.172. The second-order valence-corrected chi connectivity index (χ2v) is 9.71. The molecule has 4 aromatic heterocycles. The van der Waals surface area contributed by atoms with Crippen LogP contribution in [0.1, 0.15) is 42.3 Å². The predicted molar refractivity (Wildman–Crippen MR) is 134 cm³/mol. The molecule has 9 nitrogen and oxygen atoms in total. The normalized spacial score (nSPS) is 11.8. The summed E-state index contributed by atoms with van der Waals surface area (Å²) in [5.41, 5.74) is 6.97. The summed E-state index contributed by atoms with van der Waals surface area (Å²) in [6.45, 7) is 8.61. The number of carbonyl (C=O) groups is 1. The van der Waals surface area contributed by atoms with Crippen LogP contribution in [0.5, 0.6) is 0 Å². The second kappa shape index (κ2) is 8.50. The average Bonchev–Trinajstić information content (AvgIpc) is 3.57. The van der Waals surface area contributed by atoms with Crippen molar-refractivity contribution in [3.63, 3.8) is 0 Å². The maximum absolute atomic E-state index is 12.7. The van der Waals surface area contributed by atoms with Gasteiger partial charge in [-0.05, 0) is 51.0 Å². The lowest BCUT2D eigenvalue weighted by atomic mass is 10.0. The van der Waals surface area contributed by atoms with Crippen molar-refractivity contribution < 1.29 is 4.79 Å². The van der Waals surface area contributed by atoms with Gasteiger partial charge in [-0.1, -0.05) is 12.1 Å². The van der Waals surface area contributed by atoms with E-state index >= 15 is 0 Å². The molecule has 0 aliphatic heterocycles. The number of aryl methyl sites for hydroxylation is 2. The van der Waals surface area contributed by atoms with Gasteiger partial charge in [0, 0.05) is 37.1 Å². The standard InChI is InChI=1S/C26H28N8O/c1-17-10-18(6-7-19(17)11-27-25(35)21-13-30-34(15-21)26(2,3)4)24-23-8-9-28-33(23)16-22(31-24)20-12-29-32(5)14-20/h6-10,12-16H,11H2,1-5H3,(H,27,35). The van der Waals surface area contributed by atoms with Crippen LogP contribution in [-0.2, 0) is 19.1 Å². The first-order valence-electron chi connectivity index (χ1n) is 11.5. The molecule has 0 aliphatic rings. The monoisotopic (exact) mass is 468 g/mol. The molecule has 0 spiro atoms. The summed E-state index contributed by atoms with van der Waals surface area (Å²) in [6, 6.07) is 8.13. The topological polar surface area (TPSA) is 94.9 Å². The van der Waals surface area contributed by atoms with E-state index < -0.39 is 0 Å². The van der Waals surface area contributed by atoms with E-state index in [0.717, 1.165) is 39.2 Å². The summed E-state index contributed by atoms with van der Waals surface area (Å²) < 4.78 is 5.39. The highest BCUT2D eigenvalue weighted by atomic mass is 16.1. The van der Waals surface area contributed by atoms with Gasteiger partial charge in [0.25, 0.3) is 5.91 Å². The molecular formula is C26H28N8O. The van der Waals surface area contributed by atoms with Crippen molar-refractivity contribution in [3.05, 3.63) is 78.1 Å². The van der Waals surface area contributed by atoms with E-state index in [0.29, 0.717) is 12.1 Å². The van der Waals surface area contributed by atoms with Crippen LogP contribution in [0.3, 0.4) is 0 Å². The Morgan fingerprint density at radius 3 is 2.51 bits per heavy atom. The van der Waals surface area contributed by atoms with Crippen LogP contribution in [0.4, 0.5) is 0 Å². The Morgan fingerprint density at radius 2 is 1.83 bits per heavy atom. The molecule has 0 saturated carbocycles. The van der Waals surface area contributed by atoms with Crippen LogP contribution in [0, 0.1) is 6.92 Å². The smallest absolute Gasteiger partial charge is 0.254 e. The van der Waals surface area contributed by atoms with Crippen LogP contribution in [0.2, 0.25) is 0 Å². The van der Waals surface area contributed by atoms with Gasteiger partial charge < -0.3 is 5.32 Å². The molecule has 178 valence electrons. The zero-order chi connectivity index (χ0) is 24.7. The molecule has 0 unspecified atom stereocenters. The van der Waals surface area contributed by atoms with E-state index in [9.17, 15) is 4.79 Å². The molecule has 0 aliphatic carbocycles. The fourth-order valence-corrected chi connectivity index (χ4v) is 3.96. The number of amides is 1. The highest BCUT2D eigenvalue weighted by Gasteiger charge is 2.17. The zero-order valence-corrected chi connectivity index (χ0v) is 20.5. The van der Waals surface area contributed by atoms with Gasteiger partial charge in [0.1, 0.15) is 0 Å². The molecule has 9 heteroatoms. The first-order valence-corrected chi connectivity index (χ1v) is 11.5. The minimum Gasteiger partial charge on any atom is -0.348 e. The van der Waals surface area contributed by atoms with Gasteiger partial charge in [-0.3, -0.25) is 14.2 Å².